The van der Waals surface area contributed by atoms with Crippen LogP contribution in [-0.4, -0.2) is 32.5 Å². The van der Waals surface area contributed by atoms with Gasteiger partial charge >= 0.3 is 0 Å². The molecule has 1 aliphatic heterocycles. The normalized spacial score (nSPS) is 15.0. The van der Waals surface area contributed by atoms with Gasteiger partial charge in [0.1, 0.15) is 10.9 Å². The molecular formula is C20H16N3O5S2-. The SMILES string of the molecule is CCc1ccc(/C=C2/SC(=S)N(CC(=O)Nc3cc([N+](=O)[O-])ccc3[O-])C2=O)cc1. The van der Waals surface area contributed by atoms with Crippen LogP contribution in [0.2, 0.25) is 0 Å². The number of aryl methyl sites for hydroxylation is 1. The summed E-state index contributed by atoms with van der Waals surface area (Å²) in [5.74, 6) is -1.67. The summed E-state index contributed by atoms with van der Waals surface area (Å²) >= 11 is 6.29. The number of non-ortho nitro benzene ring substituents is 1. The van der Waals surface area contributed by atoms with E-state index in [9.17, 15) is 24.8 Å². The Morgan fingerprint density at radius 1 is 1.27 bits per heavy atom. The number of anilines is 1. The predicted molar refractivity (Wildman–Crippen MR) is 117 cm³/mol. The molecule has 30 heavy (non-hydrogen) atoms. The average molecular weight is 442 g/mol. The lowest BCUT2D eigenvalue weighted by molar-refractivity contribution is -0.385. The molecule has 2 aromatic rings. The summed E-state index contributed by atoms with van der Waals surface area (Å²) in [5.41, 5.74) is 1.46. The van der Waals surface area contributed by atoms with Crippen LogP contribution in [0.3, 0.4) is 0 Å². The molecule has 1 N–H and O–H groups in total. The van der Waals surface area contributed by atoms with Crippen LogP contribution in [0.15, 0.2) is 47.4 Å². The highest BCUT2D eigenvalue weighted by Crippen LogP contribution is 2.33. The Labute approximate surface area is 181 Å². The van der Waals surface area contributed by atoms with Gasteiger partial charge in [-0.25, -0.2) is 0 Å². The minimum Gasteiger partial charge on any atom is -0.871 e. The first-order valence-corrected chi connectivity index (χ1v) is 10.1. The fraction of sp³-hybridized carbons (Fsp3) is 0.150. The lowest BCUT2D eigenvalue weighted by Gasteiger charge is -2.17. The van der Waals surface area contributed by atoms with Crippen LogP contribution in [0.1, 0.15) is 18.1 Å². The van der Waals surface area contributed by atoms with Crippen LogP contribution >= 0.6 is 24.0 Å². The maximum atomic E-state index is 12.7. The average Bonchev–Trinajstić information content (AvgIpc) is 2.97. The van der Waals surface area contributed by atoms with Crippen molar-refractivity contribution in [1.29, 1.82) is 0 Å². The van der Waals surface area contributed by atoms with E-state index in [1.165, 1.54) is 5.56 Å². The molecule has 2 aromatic carbocycles. The number of carbonyl (C=O) groups excluding carboxylic acids is 2. The van der Waals surface area contributed by atoms with Gasteiger partial charge in [0.25, 0.3) is 11.6 Å². The molecule has 0 saturated carbocycles. The zero-order chi connectivity index (χ0) is 21.8. The molecule has 1 heterocycles. The van der Waals surface area contributed by atoms with Crippen LogP contribution in [0.25, 0.3) is 6.08 Å². The van der Waals surface area contributed by atoms with E-state index in [1.54, 1.807) is 6.08 Å². The smallest absolute Gasteiger partial charge is 0.271 e. The summed E-state index contributed by atoms with van der Waals surface area (Å²) in [7, 11) is 0. The first-order chi connectivity index (χ1) is 14.3. The summed E-state index contributed by atoms with van der Waals surface area (Å²) in [6, 6.07) is 10.8. The molecule has 1 fully saturated rings. The fourth-order valence-electron chi connectivity index (χ4n) is 2.70. The first-order valence-electron chi connectivity index (χ1n) is 8.88. The Balaban J connectivity index is 1.71. The largest absolute Gasteiger partial charge is 0.871 e. The van der Waals surface area contributed by atoms with E-state index < -0.39 is 29.0 Å². The zero-order valence-electron chi connectivity index (χ0n) is 15.8. The molecule has 1 saturated heterocycles. The summed E-state index contributed by atoms with van der Waals surface area (Å²) < 4.78 is 0.216. The van der Waals surface area contributed by atoms with Crippen molar-refractivity contribution in [3.05, 3.63) is 68.6 Å². The van der Waals surface area contributed by atoms with Gasteiger partial charge in [0.15, 0.2) is 0 Å². The van der Waals surface area contributed by atoms with Crippen molar-refractivity contribution in [3.8, 4) is 5.75 Å². The van der Waals surface area contributed by atoms with E-state index in [0.717, 1.165) is 46.8 Å². The third-order valence-electron chi connectivity index (χ3n) is 4.31. The second-order valence-electron chi connectivity index (χ2n) is 6.35. The third kappa shape index (κ3) is 4.84. The monoisotopic (exact) mass is 442 g/mol. The molecule has 0 atom stereocenters. The Bertz CT molecular complexity index is 1070. The van der Waals surface area contributed by atoms with E-state index in [1.807, 2.05) is 24.3 Å². The number of nitro benzene ring substituents is 1. The Hall–Kier alpha value is -3.24. The molecule has 8 nitrogen and oxygen atoms in total. The van der Waals surface area contributed by atoms with Crippen molar-refractivity contribution in [1.82, 2.24) is 4.90 Å². The molecule has 0 bridgehead atoms. The molecule has 0 unspecified atom stereocenters. The van der Waals surface area contributed by atoms with Gasteiger partial charge in [-0.2, -0.15) is 0 Å². The number of amides is 2. The summed E-state index contributed by atoms with van der Waals surface area (Å²) in [5, 5.41) is 25.0. The highest BCUT2D eigenvalue weighted by atomic mass is 32.2. The summed E-state index contributed by atoms with van der Waals surface area (Å²) in [4.78, 5) is 36.7. The molecule has 0 radical (unpaired) electrons. The lowest BCUT2D eigenvalue weighted by atomic mass is 10.1. The van der Waals surface area contributed by atoms with Gasteiger partial charge in [-0.1, -0.05) is 67.0 Å². The first kappa shape index (κ1) is 21.5. The molecule has 0 aliphatic carbocycles. The molecule has 154 valence electrons. The van der Waals surface area contributed by atoms with Gasteiger partial charge in [0.05, 0.1) is 9.83 Å². The van der Waals surface area contributed by atoms with E-state index in [0.29, 0.717) is 4.91 Å². The Kier molecular flexibility index (Phi) is 6.48. The maximum absolute atomic E-state index is 12.7. The van der Waals surface area contributed by atoms with Crippen LogP contribution < -0.4 is 10.4 Å². The fourth-order valence-corrected chi connectivity index (χ4v) is 3.95. The van der Waals surface area contributed by atoms with Crippen LogP contribution in [0, 0.1) is 10.1 Å². The van der Waals surface area contributed by atoms with Crippen molar-refractivity contribution >= 4 is 57.6 Å². The van der Waals surface area contributed by atoms with Crippen molar-refractivity contribution < 1.29 is 19.6 Å². The topological polar surface area (TPSA) is 116 Å². The van der Waals surface area contributed by atoms with Gasteiger partial charge in [-0.3, -0.25) is 24.6 Å². The number of hydrogen-bond acceptors (Lipinski definition) is 7. The van der Waals surface area contributed by atoms with Gasteiger partial charge in [-0.05, 0) is 23.6 Å². The number of hydrogen-bond donors (Lipinski definition) is 1. The number of carbonyl (C=O) groups is 2. The zero-order valence-corrected chi connectivity index (χ0v) is 17.4. The second kappa shape index (κ2) is 9.06. The minimum absolute atomic E-state index is 0.216. The molecule has 0 spiro atoms. The number of benzene rings is 2. The van der Waals surface area contributed by atoms with Crippen LogP contribution in [-0.2, 0) is 16.0 Å². The lowest BCUT2D eigenvalue weighted by Crippen LogP contribution is -2.36. The van der Waals surface area contributed by atoms with Gasteiger partial charge in [0.2, 0.25) is 5.91 Å². The summed E-state index contributed by atoms with van der Waals surface area (Å²) in [6.45, 7) is 1.65. The number of thiocarbonyl (C=S) groups is 1. The van der Waals surface area contributed by atoms with Crippen LogP contribution in [0.5, 0.6) is 5.75 Å². The summed E-state index contributed by atoms with van der Waals surface area (Å²) in [6.07, 6.45) is 2.61. The quantitative estimate of drug-likeness (QED) is 0.316. The molecule has 10 heteroatoms. The molecule has 0 aromatic heterocycles. The highest BCUT2D eigenvalue weighted by Gasteiger charge is 2.33. The van der Waals surface area contributed by atoms with Crippen molar-refractivity contribution in [2.75, 3.05) is 11.9 Å². The van der Waals surface area contributed by atoms with Gasteiger partial charge < -0.3 is 10.4 Å². The molecule has 2 amide bonds. The molecular weight excluding hydrogens is 426 g/mol. The minimum atomic E-state index is -0.683. The van der Waals surface area contributed by atoms with Crippen molar-refractivity contribution in [3.63, 3.8) is 0 Å². The maximum Gasteiger partial charge on any atom is 0.271 e. The number of nitrogens with one attached hydrogen (secondary N) is 1. The van der Waals surface area contributed by atoms with E-state index in [-0.39, 0.29) is 15.7 Å². The van der Waals surface area contributed by atoms with Gasteiger partial charge in [0, 0.05) is 17.8 Å². The highest BCUT2D eigenvalue weighted by molar-refractivity contribution is 8.26. The number of rotatable bonds is 6. The second-order valence-corrected chi connectivity index (χ2v) is 8.02. The Morgan fingerprint density at radius 2 is 1.97 bits per heavy atom. The van der Waals surface area contributed by atoms with E-state index in [4.69, 9.17) is 12.2 Å². The molecule has 3 rings (SSSR count). The van der Waals surface area contributed by atoms with E-state index in [2.05, 4.69) is 12.2 Å². The Morgan fingerprint density at radius 3 is 2.60 bits per heavy atom. The van der Waals surface area contributed by atoms with Crippen molar-refractivity contribution in [2.24, 2.45) is 0 Å². The number of thioether (sulfide) groups is 1. The number of nitro groups is 1. The third-order valence-corrected chi connectivity index (χ3v) is 5.69. The van der Waals surface area contributed by atoms with Crippen molar-refractivity contribution in [2.45, 2.75) is 13.3 Å². The van der Waals surface area contributed by atoms with E-state index >= 15 is 0 Å². The predicted octanol–water partition coefficient (Wildman–Crippen LogP) is 3.07. The van der Waals surface area contributed by atoms with Gasteiger partial charge in [-0.15, -0.1) is 0 Å². The number of nitrogens with zero attached hydrogens (tertiary/aromatic N) is 2. The molecule has 1 aliphatic rings. The van der Waals surface area contributed by atoms with Crippen LogP contribution in [0.4, 0.5) is 11.4 Å². The standard InChI is InChI=1S/C20H17N3O5S2/c1-2-12-3-5-13(6-4-12)9-17-19(26)22(20(29)30-17)11-18(25)21-15-10-14(23(27)28)7-8-16(15)24/h3-10,24H,2,11H2,1H3,(H,21,25)/p-1/b17-9+.